The number of nitrogens with zero attached hydrogens (tertiary/aromatic N) is 2. The standard InChI is InChI=1S/C22H27N3O2S/c26-21(13-18-12-15-1-2-17(18)11-15)23-19-5-3-16(4-6-19)20-14-28-22(24-20)25-7-9-27-10-8-25/h3-6,14-15,17-18H,1-2,7-13H2,(H,23,26)/t15-,17-,18+/m0/s1. The lowest BCUT2D eigenvalue weighted by molar-refractivity contribution is -0.117. The van der Waals surface area contributed by atoms with Gasteiger partial charge in [0, 0.05) is 36.1 Å². The van der Waals surface area contributed by atoms with E-state index in [0.717, 1.165) is 60.2 Å². The third-order valence-electron chi connectivity index (χ3n) is 6.57. The van der Waals surface area contributed by atoms with Crippen LogP contribution in [0, 0.1) is 17.8 Å². The molecule has 1 aromatic heterocycles. The van der Waals surface area contributed by atoms with Gasteiger partial charge in [0.2, 0.25) is 5.91 Å². The van der Waals surface area contributed by atoms with E-state index in [9.17, 15) is 4.79 Å². The molecule has 2 aromatic rings. The summed E-state index contributed by atoms with van der Waals surface area (Å²) in [4.78, 5) is 19.5. The van der Waals surface area contributed by atoms with Gasteiger partial charge in [0.05, 0.1) is 18.9 Å². The number of carbonyl (C=O) groups is 1. The van der Waals surface area contributed by atoms with Crippen LogP contribution < -0.4 is 10.2 Å². The Balaban J connectivity index is 1.19. The molecule has 2 saturated carbocycles. The van der Waals surface area contributed by atoms with Crippen LogP contribution in [0.3, 0.4) is 0 Å². The third-order valence-corrected chi connectivity index (χ3v) is 7.47. The van der Waals surface area contributed by atoms with Gasteiger partial charge in [0.1, 0.15) is 0 Å². The molecule has 5 nitrogen and oxygen atoms in total. The zero-order valence-electron chi connectivity index (χ0n) is 16.1. The molecule has 1 saturated heterocycles. The number of benzene rings is 1. The summed E-state index contributed by atoms with van der Waals surface area (Å²) in [5.74, 6) is 2.45. The summed E-state index contributed by atoms with van der Waals surface area (Å²) in [5.41, 5.74) is 2.95. The fourth-order valence-electron chi connectivity index (χ4n) is 5.10. The van der Waals surface area contributed by atoms with Gasteiger partial charge in [0.25, 0.3) is 0 Å². The number of carbonyl (C=O) groups excluding carboxylic acids is 1. The van der Waals surface area contributed by atoms with E-state index >= 15 is 0 Å². The molecule has 28 heavy (non-hydrogen) atoms. The van der Waals surface area contributed by atoms with Crippen LogP contribution in [0.1, 0.15) is 32.1 Å². The SMILES string of the molecule is O=C(C[C@H]1C[C@H]2CC[C@H]1C2)Nc1ccc(-c2csc(N3CCOCC3)n2)cc1. The summed E-state index contributed by atoms with van der Waals surface area (Å²) in [6.07, 6.45) is 6.00. The van der Waals surface area contributed by atoms with Gasteiger partial charge < -0.3 is 15.0 Å². The predicted octanol–water partition coefficient (Wildman–Crippen LogP) is 4.41. The maximum atomic E-state index is 12.4. The molecule has 0 unspecified atom stereocenters. The van der Waals surface area contributed by atoms with Crippen LogP contribution in [0.5, 0.6) is 0 Å². The van der Waals surface area contributed by atoms with E-state index in [1.165, 1.54) is 25.7 Å². The molecule has 0 radical (unpaired) electrons. The number of nitrogens with one attached hydrogen (secondary N) is 1. The van der Waals surface area contributed by atoms with Gasteiger partial charge in [-0.1, -0.05) is 18.6 Å². The van der Waals surface area contributed by atoms with Gasteiger partial charge in [-0.2, -0.15) is 0 Å². The Hall–Kier alpha value is -1.92. The Morgan fingerprint density at radius 2 is 2.00 bits per heavy atom. The molecule has 0 spiro atoms. The van der Waals surface area contributed by atoms with E-state index in [0.29, 0.717) is 12.3 Å². The summed E-state index contributed by atoms with van der Waals surface area (Å²) in [5, 5.41) is 6.25. The fourth-order valence-corrected chi connectivity index (χ4v) is 5.99. The summed E-state index contributed by atoms with van der Waals surface area (Å²) in [6, 6.07) is 8.07. The van der Waals surface area contributed by atoms with Gasteiger partial charge >= 0.3 is 0 Å². The molecule has 1 aromatic carbocycles. The number of anilines is 2. The first kappa shape index (κ1) is 18.1. The van der Waals surface area contributed by atoms with Crippen LogP contribution in [0.25, 0.3) is 11.3 Å². The topological polar surface area (TPSA) is 54.5 Å². The summed E-state index contributed by atoms with van der Waals surface area (Å²) in [7, 11) is 0. The average molecular weight is 398 g/mol. The highest BCUT2D eigenvalue weighted by atomic mass is 32.1. The molecule has 3 fully saturated rings. The smallest absolute Gasteiger partial charge is 0.224 e. The number of aromatic nitrogens is 1. The van der Waals surface area contributed by atoms with Gasteiger partial charge in [-0.15, -0.1) is 11.3 Å². The number of fused-ring (bicyclic) bond motifs is 2. The second-order valence-electron chi connectivity index (χ2n) is 8.38. The molecule has 2 bridgehead atoms. The van der Waals surface area contributed by atoms with Crippen LogP contribution in [-0.4, -0.2) is 37.2 Å². The van der Waals surface area contributed by atoms with Gasteiger partial charge in [-0.05, 0) is 49.1 Å². The Bertz CT molecular complexity index is 829. The van der Waals surface area contributed by atoms with Gasteiger partial charge in [0.15, 0.2) is 5.13 Å². The lowest BCUT2D eigenvalue weighted by Gasteiger charge is -2.26. The molecule has 2 heterocycles. The zero-order chi connectivity index (χ0) is 18.9. The molecule has 1 aliphatic heterocycles. The first-order chi connectivity index (χ1) is 13.7. The van der Waals surface area contributed by atoms with Crippen LogP contribution in [-0.2, 0) is 9.53 Å². The normalized spacial score (nSPS) is 26.6. The van der Waals surface area contributed by atoms with Gasteiger partial charge in [-0.25, -0.2) is 4.98 Å². The Kier molecular flexibility index (Phi) is 5.07. The molecular formula is C22H27N3O2S. The summed E-state index contributed by atoms with van der Waals surface area (Å²) < 4.78 is 5.41. The van der Waals surface area contributed by atoms with Crippen molar-refractivity contribution in [2.75, 3.05) is 36.5 Å². The predicted molar refractivity (Wildman–Crippen MR) is 113 cm³/mol. The van der Waals surface area contributed by atoms with Crippen LogP contribution in [0.4, 0.5) is 10.8 Å². The van der Waals surface area contributed by atoms with E-state index in [1.54, 1.807) is 11.3 Å². The largest absolute Gasteiger partial charge is 0.378 e. The van der Waals surface area contributed by atoms with Crippen molar-refractivity contribution in [1.29, 1.82) is 0 Å². The number of hydrogen-bond donors (Lipinski definition) is 1. The van der Waals surface area contributed by atoms with Crippen LogP contribution in [0.15, 0.2) is 29.6 Å². The quantitative estimate of drug-likeness (QED) is 0.812. The lowest BCUT2D eigenvalue weighted by atomic mass is 9.86. The van der Waals surface area contributed by atoms with Crippen molar-refractivity contribution >= 4 is 28.1 Å². The highest BCUT2D eigenvalue weighted by Gasteiger charge is 2.40. The minimum atomic E-state index is 0.161. The molecular weight excluding hydrogens is 370 g/mol. The van der Waals surface area contributed by atoms with E-state index in [1.807, 2.05) is 24.3 Å². The lowest BCUT2D eigenvalue weighted by Crippen LogP contribution is -2.36. The summed E-state index contributed by atoms with van der Waals surface area (Å²) >= 11 is 1.68. The maximum absolute atomic E-state index is 12.4. The molecule has 1 amide bonds. The minimum absolute atomic E-state index is 0.161. The van der Waals surface area contributed by atoms with Crippen molar-refractivity contribution in [3.05, 3.63) is 29.6 Å². The highest BCUT2D eigenvalue weighted by molar-refractivity contribution is 7.14. The number of morpholine rings is 1. The summed E-state index contributed by atoms with van der Waals surface area (Å²) in [6.45, 7) is 3.35. The monoisotopic (exact) mass is 397 g/mol. The van der Waals surface area contributed by atoms with E-state index in [-0.39, 0.29) is 5.91 Å². The molecule has 1 N–H and O–H groups in total. The molecule has 3 atom stereocenters. The third kappa shape index (κ3) is 3.80. The Morgan fingerprint density at radius 3 is 2.71 bits per heavy atom. The van der Waals surface area contributed by atoms with E-state index in [2.05, 4.69) is 15.6 Å². The molecule has 2 aliphatic carbocycles. The molecule has 6 heteroatoms. The van der Waals surface area contributed by atoms with Crippen molar-refractivity contribution in [2.45, 2.75) is 32.1 Å². The van der Waals surface area contributed by atoms with Gasteiger partial charge in [-0.3, -0.25) is 4.79 Å². The number of thiazole rings is 1. The van der Waals surface area contributed by atoms with Crippen molar-refractivity contribution in [1.82, 2.24) is 4.98 Å². The van der Waals surface area contributed by atoms with E-state index in [4.69, 9.17) is 9.72 Å². The Morgan fingerprint density at radius 1 is 1.18 bits per heavy atom. The minimum Gasteiger partial charge on any atom is -0.378 e. The second-order valence-corrected chi connectivity index (χ2v) is 9.22. The second kappa shape index (κ2) is 7.84. The molecule has 5 rings (SSSR count). The van der Waals surface area contributed by atoms with E-state index < -0.39 is 0 Å². The molecule has 148 valence electrons. The first-order valence-electron chi connectivity index (χ1n) is 10.4. The average Bonchev–Trinajstić information content (AvgIpc) is 3.46. The maximum Gasteiger partial charge on any atom is 0.224 e. The molecule has 3 aliphatic rings. The van der Waals surface area contributed by atoms with Crippen molar-refractivity contribution < 1.29 is 9.53 Å². The van der Waals surface area contributed by atoms with Crippen LogP contribution in [0.2, 0.25) is 0 Å². The number of amides is 1. The van der Waals surface area contributed by atoms with Crippen molar-refractivity contribution in [2.24, 2.45) is 17.8 Å². The number of ether oxygens (including phenoxy) is 1. The first-order valence-corrected chi connectivity index (χ1v) is 11.3. The fraction of sp³-hybridized carbons (Fsp3) is 0.545. The highest BCUT2D eigenvalue weighted by Crippen LogP contribution is 2.49. The van der Waals surface area contributed by atoms with Crippen molar-refractivity contribution in [3.8, 4) is 11.3 Å². The van der Waals surface area contributed by atoms with Crippen molar-refractivity contribution in [3.63, 3.8) is 0 Å². The zero-order valence-corrected chi connectivity index (χ0v) is 16.9. The number of hydrogen-bond acceptors (Lipinski definition) is 5. The number of rotatable bonds is 5. The Labute approximate surface area is 170 Å². The van der Waals surface area contributed by atoms with Crippen LogP contribution >= 0.6 is 11.3 Å².